The first-order chi connectivity index (χ1) is 10.2. The molecule has 0 bridgehead atoms. The Morgan fingerprint density at radius 3 is 3.05 bits per heavy atom. The fraction of sp³-hybridized carbons (Fsp3) is 0.625. The van der Waals surface area contributed by atoms with E-state index in [2.05, 4.69) is 22.1 Å². The number of nitrogens with zero attached hydrogens (tertiary/aromatic N) is 2. The number of piperidine rings is 1. The summed E-state index contributed by atoms with van der Waals surface area (Å²) in [6, 6.07) is 3.80. The van der Waals surface area contributed by atoms with Crippen LogP contribution in [0.15, 0.2) is 18.3 Å². The van der Waals surface area contributed by atoms with Crippen molar-refractivity contribution in [3.63, 3.8) is 0 Å². The van der Waals surface area contributed by atoms with Crippen LogP contribution in [0.2, 0.25) is 0 Å². The Morgan fingerprint density at radius 1 is 1.52 bits per heavy atom. The lowest BCUT2D eigenvalue weighted by molar-refractivity contribution is 0.0943. The van der Waals surface area contributed by atoms with E-state index in [1.807, 2.05) is 12.3 Å². The molecule has 0 saturated carbocycles. The second-order valence-corrected chi connectivity index (χ2v) is 5.70. The highest BCUT2D eigenvalue weighted by Gasteiger charge is 2.17. The fourth-order valence-corrected chi connectivity index (χ4v) is 2.64. The molecular weight excluding hydrogens is 266 g/mol. The van der Waals surface area contributed by atoms with Crippen molar-refractivity contribution in [1.82, 2.24) is 10.3 Å². The lowest BCUT2D eigenvalue weighted by Crippen LogP contribution is -2.34. The molecule has 1 aromatic rings. The molecule has 1 aromatic heterocycles. The summed E-state index contributed by atoms with van der Waals surface area (Å²) < 4.78 is 4.95. The third-order valence-electron chi connectivity index (χ3n) is 3.81. The predicted octanol–water partition coefficient (Wildman–Crippen LogP) is 2.08. The topological polar surface area (TPSA) is 54.5 Å². The molecule has 0 aliphatic carbocycles. The van der Waals surface area contributed by atoms with Crippen LogP contribution in [0.4, 0.5) is 5.69 Å². The minimum Gasteiger partial charge on any atom is -0.385 e. The molecule has 5 nitrogen and oxygen atoms in total. The van der Waals surface area contributed by atoms with Gasteiger partial charge in [0.05, 0.1) is 11.9 Å². The zero-order valence-corrected chi connectivity index (χ0v) is 13.0. The van der Waals surface area contributed by atoms with Gasteiger partial charge in [0, 0.05) is 33.4 Å². The molecule has 21 heavy (non-hydrogen) atoms. The van der Waals surface area contributed by atoms with Crippen molar-refractivity contribution in [2.24, 2.45) is 5.92 Å². The van der Waals surface area contributed by atoms with Crippen LogP contribution in [0.5, 0.6) is 0 Å². The van der Waals surface area contributed by atoms with Crippen LogP contribution in [0.1, 0.15) is 36.7 Å². The van der Waals surface area contributed by atoms with Crippen molar-refractivity contribution in [1.29, 1.82) is 0 Å². The summed E-state index contributed by atoms with van der Waals surface area (Å²) in [4.78, 5) is 18.6. The second-order valence-electron chi connectivity index (χ2n) is 5.70. The molecule has 1 unspecified atom stereocenters. The Balaban J connectivity index is 1.87. The number of carbonyl (C=O) groups excluding carboxylic acids is 1. The van der Waals surface area contributed by atoms with Gasteiger partial charge in [-0.25, -0.2) is 4.98 Å². The Labute approximate surface area is 126 Å². The van der Waals surface area contributed by atoms with Crippen molar-refractivity contribution < 1.29 is 9.53 Å². The van der Waals surface area contributed by atoms with Gasteiger partial charge < -0.3 is 15.0 Å². The van der Waals surface area contributed by atoms with Gasteiger partial charge in [0.25, 0.3) is 5.91 Å². The second kappa shape index (κ2) is 7.98. The van der Waals surface area contributed by atoms with Crippen LogP contribution in [0, 0.1) is 5.92 Å². The Bertz CT molecular complexity index is 447. The average molecular weight is 291 g/mol. The average Bonchev–Trinajstić information content (AvgIpc) is 2.51. The van der Waals surface area contributed by atoms with Crippen LogP contribution >= 0.6 is 0 Å². The first-order valence-electron chi connectivity index (χ1n) is 7.69. The van der Waals surface area contributed by atoms with E-state index in [1.54, 1.807) is 13.2 Å². The van der Waals surface area contributed by atoms with E-state index in [0.717, 1.165) is 31.1 Å². The van der Waals surface area contributed by atoms with Gasteiger partial charge in [-0.1, -0.05) is 6.92 Å². The molecule has 2 heterocycles. The van der Waals surface area contributed by atoms with Gasteiger partial charge in [-0.05, 0) is 37.3 Å². The van der Waals surface area contributed by atoms with E-state index in [4.69, 9.17) is 4.74 Å². The van der Waals surface area contributed by atoms with E-state index in [0.29, 0.717) is 18.8 Å². The first kappa shape index (κ1) is 15.8. The number of methoxy groups -OCH3 is 1. The summed E-state index contributed by atoms with van der Waals surface area (Å²) in [5.74, 6) is 0.604. The number of carbonyl (C=O) groups is 1. The maximum absolute atomic E-state index is 11.9. The third kappa shape index (κ3) is 4.70. The standard InChI is InChI=1S/C16H25N3O2/c1-13-5-3-9-19(12-13)14-6-7-15(18-11-14)16(20)17-8-4-10-21-2/h6-7,11,13H,3-5,8-10,12H2,1-2H3,(H,17,20). The molecule has 1 saturated heterocycles. The molecule has 0 radical (unpaired) electrons. The van der Waals surface area contributed by atoms with Gasteiger partial charge >= 0.3 is 0 Å². The number of anilines is 1. The normalized spacial score (nSPS) is 18.6. The summed E-state index contributed by atoms with van der Waals surface area (Å²) in [5, 5.41) is 2.84. The molecule has 116 valence electrons. The number of rotatable bonds is 6. The lowest BCUT2D eigenvalue weighted by atomic mass is 10.00. The van der Waals surface area contributed by atoms with E-state index in [-0.39, 0.29) is 5.91 Å². The quantitative estimate of drug-likeness (QED) is 0.815. The molecule has 0 aromatic carbocycles. The maximum atomic E-state index is 11.9. The zero-order valence-electron chi connectivity index (χ0n) is 13.0. The molecule has 1 N–H and O–H groups in total. The van der Waals surface area contributed by atoms with Gasteiger partial charge in [0.1, 0.15) is 5.69 Å². The highest BCUT2D eigenvalue weighted by atomic mass is 16.5. The summed E-state index contributed by atoms with van der Waals surface area (Å²) >= 11 is 0. The van der Waals surface area contributed by atoms with Crippen LogP contribution in [0.3, 0.4) is 0 Å². The predicted molar refractivity (Wildman–Crippen MR) is 83.7 cm³/mol. The molecule has 2 rings (SSSR count). The van der Waals surface area contributed by atoms with Gasteiger partial charge in [-0.2, -0.15) is 0 Å². The van der Waals surface area contributed by atoms with E-state index in [9.17, 15) is 4.79 Å². The van der Waals surface area contributed by atoms with Crippen LogP contribution in [0.25, 0.3) is 0 Å². The Kier molecular flexibility index (Phi) is 5.99. The monoisotopic (exact) mass is 291 g/mol. The summed E-state index contributed by atoms with van der Waals surface area (Å²) in [7, 11) is 1.66. The van der Waals surface area contributed by atoms with Crippen molar-refractivity contribution in [3.05, 3.63) is 24.0 Å². The van der Waals surface area contributed by atoms with Crippen LogP contribution < -0.4 is 10.2 Å². The molecular formula is C16H25N3O2. The van der Waals surface area contributed by atoms with Crippen molar-refractivity contribution >= 4 is 11.6 Å². The number of pyridine rings is 1. The summed E-state index contributed by atoms with van der Waals surface area (Å²) in [5.41, 5.74) is 1.58. The number of hydrogen-bond donors (Lipinski definition) is 1. The molecule has 1 atom stereocenters. The largest absolute Gasteiger partial charge is 0.385 e. The van der Waals surface area contributed by atoms with Crippen molar-refractivity contribution in [3.8, 4) is 0 Å². The van der Waals surface area contributed by atoms with Gasteiger partial charge in [-0.3, -0.25) is 4.79 Å². The molecule has 1 fully saturated rings. The molecule has 1 amide bonds. The number of hydrogen-bond acceptors (Lipinski definition) is 4. The molecule has 1 aliphatic heterocycles. The first-order valence-corrected chi connectivity index (χ1v) is 7.69. The smallest absolute Gasteiger partial charge is 0.269 e. The zero-order chi connectivity index (χ0) is 15.1. The highest BCUT2D eigenvalue weighted by Crippen LogP contribution is 2.22. The van der Waals surface area contributed by atoms with E-state index in [1.165, 1.54) is 12.8 Å². The van der Waals surface area contributed by atoms with Gasteiger partial charge in [0.2, 0.25) is 0 Å². The lowest BCUT2D eigenvalue weighted by Gasteiger charge is -2.32. The maximum Gasteiger partial charge on any atom is 0.269 e. The fourth-order valence-electron chi connectivity index (χ4n) is 2.64. The van der Waals surface area contributed by atoms with E-state index >= 15 is 0 Å². The van der Waals surface area contributed by atoms with E-state index < -0.39 is 0 Å². The van der Waals surface area contributed by atoms with Crippen LogP contribution in [-0.2, 0) is 4.74 Å². The number of aromatic nitrogens is 1. The number of ether oxygens (including phenoxy) is 1. The third-order valence-corrected chi connectivity index (χ3v) is 3.81. The molecule has 5 heteroatoms. The highest BCUT2D eigenvalue weighted by molar-refractivity contribution is 5.92. The number of nitrogens with one attached hydrogen (secondary N) is 1. The van der Waals surface area contributed by atoms with Crippen molar-refractivity contribution in [2.45, 2.75) is 26.2 Å². The van der Waals surface area contributed by atoms with Gasteiger partial charge in [0.15, 0.2) is 0 Å². The minimum atomic E-state index is -0.121. The SMILES string of the molecule is COCCCNC(=O)c1ccc(N2CCCC(C)C2)cn1. The molecule has 1 aliphatic rings. The van der Waals surface area contributed by atoms with Crippen molar-refractivity contribution in [2.75, 3.05) is 38.3 Å². The minimum absolute atomic E-state index is 0.121. The van der Waals surface area contributed by atoms with Gasteiger partial charge in [-0.15, -0.1) is 0 Å². The Morgan fingerprint density at radius 2 is 2.38 bits per heavy atom. The summed E-state index contributed by atoms with van der Waals surface area (Å²) in [6.07, 6.45) is 5.14. The summed E-state index contributed by atoms with van der Waals surface area (Å²) in [6.45, 7) is 5.69. The number of amides is 1. The van der Waals surface area contributed by atoms with Crippen LogP contribution in [-0.4, -0.2) is 44.2 Å². The Hall–Kier alpha value is -1.62. The molecule has 0 spiro atoms.